The zero-order valence-electron chi connectivity index (χ0n) is 12.9. The molecular weight excluding hydrogens is 306 g/mol. The molecule has 0 saturated carbocycles. The van der Waals surface area contributed by atoms with Gasteiger partial charge in [0.1, 0.15) is 5.75 Å². The highest BCUT2D eigenvalue weighted by Gasteiger charge is 2.03. The van der Waals surface area contributed by atoms with Crippen LogP contribution in [0.1, 0.15) is 5.56 Å². The van der Waals surface area contributed by atoms with E-state index in [0.717, 1.165) is 29.9 Å². The van der Waals surface area contributed by atoms with Gasteiger partial charge < -0.3 is 20.4 Å². The summed E-state index contributed by atoms with van der Waals surface area (Å²) in [5, 5.41) is 8.22. The summed E-state index contributed by atoms with van der Waals surface area (Å²) in [7, 11) is 1.65. The van der Waals surface area contributed by atoms with Crippen molar-refractivity contribution in [2.75, 3.05) is 19.0 Å². The van der Waals surface area contributed by atoms with Gasteiger partial charge in [0.25, 0.3) is 0 Å². The third-order valence-corrected chi connectivity index (χ3v) is 3.92. The van der Waals surface area contributed by atoms with E-state index in [2.05, 4.69) is 39.9 Å². The molecule has 1 heterocycles. The zero-order chi connectivity index (χ0) is 16.1. The Morgan fingerprint density at radius 3 is 2.91 bits per heavy atom. The molecule has 0 aliphatic rings. The van der Waals surface area contributed by atoms with E-state index >= 15 is 0 Å². The normalized spacial score (nSPS) is 10.5. The number of thiocarbonyl (C=S) groups is 1. The van der Waals surface area contributed by atoms with Gasteiger partial charge in [0.05, 0.1) is 12.8 Å². The average Bonchev–Trinajstić information content (AvgIpc) is 3.03. The second-order valence-electron chi connectivity index (χ2n) is 5.23. The molecule has 0 unspecified atom stereocenters. The minimum absolute atomic E-state index is 0.595. The molecule has 23 heavy (non-hydrogen) atoms. The maximum absolute atomic E-state index is 5.34. The number of anilines is 1. The fourth-order valence-electron chi connectivity index (χ4n) is 2.49. The second kappa shape index (κ2) is 7.15. The highest BCUT2D eigenvalue weighted by atomic mass is 32.1. The molecule has 3 N–H and O–H groups in total. The van der Waals surface area contributed by atoms with Gasteiger partial charge in [-0.2, -0.15) is 0 Å². The largest absolute Gasteiger partial charge is 0.495 e. The van der Waals surface area contributed by atoms with E-state index in [9.17, 15) is 0 Å². The number of H-pyrrole nitrogens is 1. The number of ether oxygens (including phenoxy) is 1. The molecule has 118 valence electrons. The van der Waals surface area contributed by atoms with Gasteiger partial charge in [0, 0.05) is 18.3 Å². The third kappa shape index (κ3) is 3.81. The number of para-hydroxylation sites is 2. The van der Waals surface area contributed by atoms with Crippen LogP contribution in [0.4, 0.5) is 5.69 Å². The van der Waals surface area contributed by atoms with Gasteiger partial charge >= 0.3 is 0 Å². The van der Waals surface area contributed by atoms with Crippen molar-refractivity contribution in [3.8, 4) is 5.75 Å². The van der Waals surface area contributed by atoms with E-state index in [4.69, 9.17) is 17.0 Å². The first-order chi connectivity index (χ1) is 11.3. The van der Waals surface area contributed by atoms with E-state index in [1.54, 1.807) is 7.11 Å². The molecule has 3 aromatic rings. The Hall–Kier alpha value is -2.53. The lowest BCUT2D eigenvalue weighted by Crippen LogP contribution is -2.30. The number of methoxy groups -OCH3 is 1. The van der Waals surface area contributed by atoms with E-state index in [1.165, 1.54) is 10.9 Å². The number of aromatic amines is 1. The lowest BCUT2D eigenvalue weighted by Gasteiger charge is -2.13. The fourth-order valence-corrected chi connectivity index (χ4v) is 2.71. The smallest absolute Gasteiger partial charge is 0.170 e. The molecule has 0 aliphatic heterocycles. The van der Waals surface area contributed by atoms with Gasteiger partial charge in [0.2, 0.25) is 0 Å². The van der Waals surface area contributed by atoms with Crippen LogP contribution in [0.2, 0.25) is 0 Å². The quantitative estimate of drug-likeness (QED) is 0.626. The van der Waals surface area contributed by atoms with Crippen molar-refractivity contribution < 1.29 is 4.74 Å². The standard InChI is InChI=1S/C18H19N3OS/c1-22-17-5-3-2-4-16(17)21-18(23)20-10-8-13-6-7-15-14(12-13)9-11-19-15/h2-7,9,11-12,19H,8,10H2,1H3,(H2,20,21,23). The van der Waals surface area contributed by atoms with Crippen LogP contribution in [0.15, 0.2) is 54.7 Å². The van der Waals surface area contributed by atoms with E-state index in [-0.39, 0.29) is 0 Å². The Labute approximate surface area is 140 Å². The minimum atomic E-state index is 0.595. The molecule has 4 nitrogen and oxygen atoms in total. The van der Waals surface area contributed by atoms with Crippen molar-refractivity contribution in [3.05, 3.63) is 60.3 Å². The SMILES string of the molecule is COc1ccccc1NC(=S)NCCc1ccc2[nH]ccc2c1. The number of rotatable bonds is 5. The lowest BCUT2D eigenvalue weighted by atomic mass is 10.1. The van der Waals surface area contributed by atoms with Crippen molar-refractivity contribution >= 4 is 33.9 Å². The lowest BCUT2D eigenvalue weighted by molar-refractivity contribution is 0.417. The van der Waals surface area contributed by atoms with Gasteiger partial charge in [-0.3, -0.25) is 0 Å². The van der Waals surface area contributed by atoms with Gasteiger partial charge in [0.15, 0.2) is 5.11 Å². The van der Waals surface area contributed by atoms with E-state index < -0.39 is 0 Å². The molecule has 0 atom stereocenters. The van der Waals surface area contributed by atoms with Crippen LogP contribution in [-0.4, -0.2) is 23.8 Å². The molecule has 0 aliphatic carbocycles. The molecule has 0 fully saturated rings. The summed E-state index contributed by atoms with van der Waals surface area (Å²) in [5.41, 5.74) is 3.31. The summed E-state index contributed by atoms with van der Waals surface area (Å²) in [4.78, 5) is 3.20. The first-order valence-electron chi connectivity index (χ1n) is 7.50. The Bertz CT molecular complexity index is 813. The first kappa shape index (κ1) is 15.4. The fraction of sp³-hybridized carbons (Fsp3) is 0.167. The monoisotopic (exact) mass is 325 g/mol. The summed E-state index contributed by atoms with van der Waals surface area (Å²) in [6.45, 7) is 0.775. The second-order valence-corrected chi connectivity index (χ2v) is 5.64. The summed E-state index contributed by atoms with van der Waals surface area (Å²) < 4.78 is 5.30. The molecule has 3 rings (SSSR count). The van der Waals surface area contributed by atoms with E-state index in [0.29, 0.717) is 5.11 Å². The van der Waals surface area contributed by atoms with Gasteiger partial charge in [-0.05, 0) is 59.9 Å². The van der Waals surface area contributed by atoms with Gasteiger partial charge in [-0.1, -0.05) is 18.2 Å². The number of fused-ring (bicyclic) bond motifs is 1. The van der Waals surface area contributed by atoms with Crippen LogP contribution in [0.3, 0.4) is 0 Å². The zero-order valence-corrected chi connectivity index (χ0v) is 13.7. The highest BCUT2D eigenvalue weighted by Crippen LogP contribution is 2.22. The van der Waals surface area contributed by atoms with Crippen molar-refractivity contribution in [2.45, 2.75) is 6.42 Å². The average molecular weight is 325 g/mol. The van der Waals surface area contributed by atoms with Crippen molar-refractivity contribution in [2.24, 2.45) is 0 Å². The Balaban J connectivity index is 1.52. The third-order valence-electron chi connectivity index (χ3n) is 3.67. The first-order valence-corrected chi connectivity index (χ1v) is 7.91. The summed E-state index contributed by atoms with van der Waals surface area (Å²) >= 11 is 5.34. The number of aromatic nitrogens is 1. The maximum Gasteiger partial charge on any atom is 0.170 e. The molecule has 0 bridgehead atoms. The van der Waals surface area contributed by atoms with Crippen LogP contribution in [-0.2, 0) is 6.42 Å². The maximum atomic E-state index is 5.34. The predicted molar refractivity (Wildman–Crippen MR) is 99.2 cm³/mol. The number of nitrogens with one attached hydrogen (secondary N) is 3. The number of benzene rings is 2. The van der Waals surface area contributed by atoms with Crippen molar-refractivity contribution in [1.82, 2.24) is 10.3 Å². The van der Waals surface area contributed by atoms with Crippen molar-refractivity contribution in [1.29, 1.82) is 0 Å². The molecule has 5 heteroatoms. The van der Waals surface area contributed by atoms with Crippen LogP contribution < -0.4 is 15.4 Å². The molecule has 0 saturated heterocycles. The molecule has 1 aromatic heterocycles. The Kier molecular flexibility index (Phi) is 4.78. The number of hydrogen-bond donors (Lipinski definition) is 3. The highest BCUT2D eigenvalue weighted by molar-refractivity contribution is 7.80. The molecule has 0 spiro atoms. The van der Waals surface area contributed by atoms with E-state index in [1.807, 2.05) is 30.5 Å². The van der Waals surface area contributed by atoms with Crippen molar-refractivity contribution in [3.63, 3.8) is 0 Å². The van der Waals surface area contributed by atoms with Crippen LogP contribution in [0, 0.1) is 0 Å². The van der Waals surface area contributed by atoms with Crippen LogP contribution in [0.5, 0.6) is 5.75 Å². The van der Waals surface area contributed by atoms with Gasteiger partial charge in [-0.25, -0.2) is 0 Å². The van der Waals surface area contributed by atoms with Crippen LogP contribution >= 0.6 is 12.2 Å². The summed E-state index contributed by atoms with van der Waals surface area (Å²) in [6.07, 6.45) is 2.87. The molecule has 0 amide bonds. The Morgan fingerprint density at radius 2 is 2.04 bits per heavy atom. The summed E-state index contributed by atoms with van der Waals surface area (Å²) in [6, 6.07) is 16.2. The molecule has 0 radical (unpaired) electrons. The Morgan fingerprint density at radius 1 is 1.17 bits per heavy atom. The number of hydrogen-bond acceptors (Lipinski definition) is 2. The topological polar surface area (TPSA) is 49.1 Å². The summed E-state index contributed by atoms with van der Waals surface area (Å²) in [5.74, 6) is 0.773. The van der Waals surface area contributed by atoms with Gasteiger partial charge in [-0.15, -0.1) is 0 Å². The minimum Gasteiger partial charge on any atom is -0.495 e. The molecule has 2 aromatic carbocycles. The van der Waals surface area contributed by atoms with Crippen LogP contribution in [0.25, 0.3) is 10.9 Å². The predicted octanol–water partition coefficient (Wildman–Crippen LogP) is 3.71. The molecular formula is C18H19N3OS.